The number of nitrogens with zero attached hydrogens (tertiary/aromatic N) is 2. The summed E-state index contributed by atoms with van der Waals surface area (Å²) in [7, 11) is 0. The highest BCUT2D eigenvalue weighted by Gasteiger charge is 2.02. The lowest BCUT2D eigenvalue weighted by Crippen LogP contribution is -2.37. The van der Waals surface area contributed by atoms with Crippen molar-refractivity contribution >= 4 is 6.08 Å². The van der Waals surface area contributed by atoms with Crippen LogP contribution in [-0.2, 0) is 0 Å². The summed E-state index contributed by atoms with van der Waals surface area (Å²) in [5.41, 5.74) is 0.248. The maximum atomic E-state index is 10.7. The first-order chi connectivity index (χ1) is 4.74. The average molecular weight is 138 g/mol. The van der Waals surface area contributed by atoms with E-state index in [4.69, 9.17) is 0 Å². The fourth-order valence-electron chi connectivity index (χ4n) is 0.585. The van der Waals surface area contributed by atoms with Gasteiger partial charge < -0.3 is 10.4 Å². The molecule has 0 atom stereocenters. The molecule has 0 N–H and O–H groups in total. The molecule has 0 unspecified atom stereocenters. The average Bonchev–Trinajstić information content (AvgIpc) is 1.94. The molecule has 1 aromatic rings. The van der Waals surface area contributed by atoms with Crippen molar-refractivity contribution in [3.63, 3.8) is 0 Å². The molecule has 0 saturated heterocycles. The van der Waals surface area contributed by atoms with Crippen molar-refractivity contribution in [3.05, 3.63) is 41.3 Å². The van der Waals surface area contributed by atoms with Crippen molar-refractivity contribution in [3.8, 4) is 0 Å². The van der Waals surface area contributed by atoms with E-state index in [0.29, 0.717) is 9.46 Å². The van der Waals surface area contributed by atoms with Gasteiger partial charge in [0.15, 0.2) is 0 Å². The standard InChI is InChI=1S/C6H6N2O2/c1-2-6-5-7(9)3-4-8(6)10/h2-5H,1H2. The maximum absolute atomic E-state index is 10.7. The topological polar surface area (TPSA) is 53.9 Å². The molecule has 0 aliphatic heterocycles. The van der Waals surface area contributed by atoms with Crippen molar-refractivity contribution in [2.75, 3.05) is 0 Å². The Labute approximate surface area is 57.8 Å². The highest BCUT2D eigenvalue weighted by molar-refractivity contribution is 5.34. The van der Waals surface area contributed by atoms with Gasteiger partial charge in [0, 0.05) is 6.08 Å². The second-order valence-electron chi connectivity index (χ2n) is 1.74. The van der Waals surface area contributed by atoms with Gasteiger partial charge in [-0.05, 0) is 0 Å². The van der Waals surface area contributed by atoms with E-state index in [1.165, 1.54) is 6.08 Å². The zero-order valence-corrected chi connectivity index (χ0v) is 5.23. The lowest BCUT2D eigenvalue weighted by molar-refractivity contribution is -0.666. The second-order valence-corrected chi connectivity index (χ2v) is 1.74. The van der Waals surface area contributed by atoms with Crippen molar-refractivity contribution in [2.45, 2.75) is 0 Å². The molecule has 0 aliphatic rings. The molecule has 0 spiro atoms. The van der Waals surface area contributed by atoms with Crippen LogP contribution in [0.5, 0.6) is 0 Å². The van der Waals surface area contributed by atoms with Crippen molar-refractivity contribution < 1.29 is 9.46 Å². The molecule has 4 nitrogen and oxygen atoms in total. The predicted octanol–water partition coefficient (Wildman–Crippen LogP) is -0.404. The van der Waals surface area contributed by atoms with Crippen LogP contribution in [0.3, 0.4) is 0 Å². The van der Waals surface area contributed by atoms with Gasteiger partial charge in [0.1, 0.15) is 0 Å². The summed E-state index contributed by atoms with van der Waals surface area (Å²) < 4.78 is 1.12. The smallest absolute Gasteiger partial charge is 0.281 e. The summed E-state index contributed by atoms with van der Waals surface area (Å²) in [5, 5.41) is 21.2. The zero-order valence-electron chi connectivity index (χ0n) is 5.23. The summed E-state index contributed by atoms with van der Waals surface area (Å²) in [6.45, 7) is 3.36. The van der Waals surface area contributed by atoms with Gasteiger partial charge in [0.2, 0.25) is 12.4 Å². The van der Waals surface area contributed by atoms with Gasteiger partial charge in [-0.25, -0.2) is 0 Å². The van der Waals surface area contributed by atoms with Crippen LogP contribution in [0.1, 0.15) is 5.69 Å². The highest BCUT2D eigenvalue weighted by atomic mass is 16.5. The summed E-state index contributed by atoms with van der Waals surface area (Å²) >= 11 is 0. The third-order valence-corrected chi connectivity index (χ3v) is 1.07. The van der Waals surface area contributed by atoms with Gasteiger partial charge in [-0.15, -0.1) is 0 Å². The number of hydrogen-bond donors (Lipinski definition) is 0. The van der Waals surface area contributed by atoms with Gasteiger partial charge in [-0.2, -0.15) is 9.46 Å². The van der Waals surface area contributed by atoms with E-state index in [1.807, 2.05) is 0 Å². The van der Waals surface area contributed by atoms with Crippen LogP contribution in [0.2, 0.25) is 0 Å². The maximum Gasteiger partial charge on any atom is 0.281 e. The van der Waals surface area contributed by atoms with Gasteiger partial charge in [0.25, 0.3) is 11.9 Å². The monoisotopic (exact) mass is 138 g/mol. The van der Waals surface area contributed by atoms with Gasteiger partial charge in [-0.3, -0.25) is 0 Å². The van der Waals surface area contributed by atoms with Crippen LogP contribution < -0.4 is 9.46 Å². The zero-order chi connectivity index (χ0) is 7.56. The fourth-order valence-corrected chi connectivity index (χ4v) is 0.585. The molecule has 0 radical (unpaired) electrons. The van der Waals surface area contributed by atoms with Gasteiger partial charge in [0.05, 0.1) is 0 Å². The Hall–Kier alpha value is -1.58. The van der Waals surface area contributed by atoms with Crippen LogP contribution >= 0.6 is 0 Å². The molecule has 0 fully saturated rings. The Kier molecular flexibility index (Phi) is 1.53. The third-order valence-electron chi connectivity index (χ3n) is 1.07. The van der Waals surface area contributed by atoms with Gasteiger partial charge >= 0.3 is 0 Å². The molecule has 4 heteroatoms. The first-order valence-corrected chi connectivity index (χ1v) is 2.68. The van der Waals surface area contributed by atoms with Crippen molar-refractivity contribution in [1.82, 2.24) is 0 Å². The van der Waals surface area contributed by atoms with E-state index in [9.17, 15) is 10.4 Å². The van der Waals surface area contributed by atoms with Crippen LogP contribution in [0.15, 0.2) is 25.2 Å². The molecule has 0 aliphatic carbocycles. The van der Waals surface area contributed by atoms with Crippen molar-refractivity contribution in [1.29, 1.82) is 0 Å². The normalized spacial score (nSPS) is 9.20. The predicted molar refractivity (Wildman–Crippen MR) is 34.5 cm³/mol. The Balaban J connectivity index is 3.21. The molecule has 0 bridgehead atoms. The van der Waals surface area contributed by atoms with Crippen LogP contribution in [0.4, 0.5) is 0 Å². The summed E-state index contributed by atoms with van der Waals surface area (Å²) in [5.74, 6) is 0. The fraction of sp³-hybridized carbons (Fsp3) is 0. The largest absolute Gasteiger partial charge is 0.618 e. The quantitative estimate of drug-likeness (QED) is 0.391. The molecule has 52 valence electrons. The van der Waals surface area contributed by atoms with E-state index in [-0.39, 0.29) is 5.69 Å². The van der Waals surface area contributed by atoms with E-state index in [0.717, 1.165) is 18.6 Å². The van der Waals surface area contributed by atoms with E-state index < -0.39 is 0 Å². The molecule has 0 amide bonds. The summed E-state index contributed by atoms with van der Waals surface area (Å²) in [6, 6.07) is 0. The number of aromatic nitrogens is 2. The molecule has 0 aromatic carbocycles. The molecule has 1 rings (SSSR count). The van der Waals surface area contributed by atoms with Crippen molar-refractivity contribution in [2.24, 2.45) is 0 Å². The van der Waals surface area contributed by atoms with Gasteiger partial charge in [-0.1, -0.05) is 6.58 Å². The molecule has 1 heterocycles. The molecule has 10 heavy (non-hydrogen) atoms. The Bertz CT molecular complexity index is 260. The first kappa shape index (κ1) is 6.54. The van der Waals surface area contributed by atoms with E-state index in [2.05, 4.69) is 6.58 Å². The molecule has 1 aromatic heterocycles. The van der Waals surface area contributed by atoms with Crippen LogP contribution in [0, 0.1) is 10.4 Å². The van der Waals surface area contributed by atoms with E-state index in [1.54, 1.807) is 0 Å². The molecule has 0 saturated carbocycles. The lowest BCUT2D eigenvalue weighted by atomic mass is 10.4. The molecular formula is C6H6N2O2. The third kappa shape index (κ3) is 1.05. The first-order valence-electron chi connectivity index (χ1n) is 2.68. The minimum atomic E-state index is 0.248. The van der Waals surface area contributed by atoms with Crippen LogP contribution in [0.25, 0.3) is 6.08 Å². The Morgan fingerprint density at radius 2 is 2.10 bits per heavy atom. The Morgan fingerprint density at radius 1 is 1.40 bits per heavy atom. The summed E-state index contributed by atoms with van der Waals surface area (Å²) in [4.78, 5) is 0. The Morgan fingerprint density at radius 3 is 2.60 bits per heavy atom. The number of hydrogen-bond acceptors (Lipinski definition) is 2. The second kappa shape index (κ2) is 2.34. The highest BCUT2D eigenvalue weighted by Crippen LogP contribution is 1.85. The van der Waals surface area contributed by atoms with E-state index >= 15 is 0 Å². The lowest BCUT2D eigenvalue weighted by Gasteiger charge is -1.98. The van der Waals surface area contributed by atoms with Crippen LogP contribution in [-0.4, -0.2) is 0 Å². The minimum absolute atomic E-state index is 0.248. The number of rotatable bonds is 1. The SMILES string of the molecule is C=Cc1c[n+]([O-])cc[n+]1[O-]. The minimum Gasteiger partial charge on any atom is -0.618 e. The summed E-state index contributed by atoms with van der Waals surface area (Å²) in [6.07, 6.45) is 4.73. The molecular weight excluding hydrogens is 132 g/mol.